The van der Waals surface area contributed by atoms with Crippen LogP contribution in [0.5, 0.6) is 0 Å². The van der Waals surface area contributed by atoms with Crippen LogP contribution in [0.2, 0.25) is 0 Å². The molecule has 0 saturated carbocycles. The lowest BCUT2D eigenvalue weighted by atomic mass is 9.85. The van der Waals surface area contributed by atoms with E-state index in [2.05, 4.69) is 5.32 Å². The average molecular weight is 289 g/mol. The second-order valence-corrected chi connectivity index (χ2v) is 5.74. The van der Waals surface area contributed by atoms with E-state index in [0.717, 1.165) is 5.39 Å². The summed E-state index contributed by atoms with van der Waals surface area (Å²) in [5.41, 5.74) is 0.233. The lowest BCUT2D eigenvalue weighted by Gasteiger charge is -2.33. The number of nitrogens with one attached hydrogen (secondary N) is 1. The zero-order valence-corrected chi connectivity index (χ0v) is 12.3. The van der Waals surface area contributed by atoms with Gasteiger partial charge in [0.05, 0.1) is 17.5 Å². The van der Waals surface area contributed by atoms with Crippen molar-refractivity contribution >= 4 is 22.8 Å². The van der Waals surface area contributed by atoms with Gasteiger partial charge in [0.15, 0.2) is 0 Å². The summed E-state index contributed by atoms with van der Waals surface area (Å²) in [6.45, 7) is 5.51. The summed E-state index contributed by atoms with van der Waals surface area (Å²) < 4.78 is 5.35. The molecular formula is C16H19NO4. The first-order valence-electron chi connectivity index (χ1n) is 6.84. The number of aliphatic carboxylic acids is 1. The highest BCUT2D eigenvalue weighted by Crippen LogP contribution is 2.24. The number of benzene rings is 1. The maximum atomic E-state index is 12.5. The number of furan rings is 1. The van der Waals surface area contributed by atoms with Gasteiger partial charge in [-0.2, -0.15) is 0 Å². The first-order chi connectivity index (χ1) is 9.83. The van der Waals surface area contributed by atoms with Crippen molar-refractivity contribution in [2.75, 3.05) is 0 Å². The fourth-order valence-electron chi connectivity index (χ4n) is 2.19. The van der Waals surface area contributed by atoms with Gasteiger partial charge in [0.25, 0.3) is 5.91 Å². The molecule has 0 aliphatic heterocycles. The molecule has 0 aliphatic rings. The van der Waals surface area contributed by atoms with Gasteiger partial charge in [-0.1, -0.05) is 32.0 Å². The summed E-state index contributed by atoms with van der Waals surface area (Å²) in [4.78, 5) is 23.5. The maximum Gasteiger partial charge on any atom is 0.305 e. The lowest BCUT2D eigenvalue weighted by molar-refractivity contribution is -0.138. The smallest absolute Gasteiger partial charge is 0.305 e. The van der Waals surface area contributed by atoms with Crippen molar-refractivity contribution in [3.05, 3.63) is 36.1 Å². The lowest BCUT2D eigenvalue weighted by Crippen LogP contribution is -2.51. The molecule has 1 heterocycles. The van der Waals surface area contributed by atoms with Gasteiger partial charge in [0.2, 0.25) is 0 Å². The van der Waals surface area contributed by atoms with E-state index in [4.69, 9.17) is 9.52 Å². The van der Waals surface area contributed by atoms with E-state index in [-0.39, 0.29) is 18.2 Å². The molecule has 1 aromatic carbocycles. The first kappa shape index (κ1) is 15.1. The minimum absolute atomic E-state index is 0.0179. The van der Waals surface area contributed by atoms with Crippen molar-refractivity contribution < 1.29 is 19.1 Å². The van der Waals surface area contributed by atoms with Crippen LogP contribution in [0, 0.1) is 5.92 Å². The van der Waals surface area contributed by atoms with Crippen molar-refractivity contribution in [2.45, 2.75) is 32.7 Å². The van der Waals surface area contributed by atoms with E-state index in [1.165, 1.54) is 6.26 Å². The van der Waals surface area contributed by atoms with Crippen molar-refractivity contribution in [1.82, 2.24) is 5.32 Å². The van der Waals surface area contributed by atoms with Gasteiger partial charge in [0, 0.05) is 5.39 Å². The summed E-state index contributed by atoms with van der Waals surface area (Å²) in [5, 5.41) is 12.6. The molecule has 0 bridgehead atoms. The van der Waals surface area contributed by atoms with Crippen LogP contribution in [0.4, 0.5) is 0 Å². The van der Waals surface area contributed by atoms with E-state index in [1.54, 1.807) is 19.1 Å². The normalized spacial score (nSPS) is 14.1. The Balaban J connectivity index is 2.29. The van der Waals surface area contributed by atoms with Crippen LogP contribution < -0.4 is 5.32 Å². The first-order valence-corrected chi connectivity index (χ1v) is 6.84. The fraction of sp³-hybridized carbons (Fsp3) is 0.375. The predicted octanol–water partition coefficient (Wildman–Crippen LogP) is 3.05. The Bertz CT molecular complexity index is 674. The molecule has 0 fully saturated rings. The minimum Gasteiger partial charge on any atom is -0.481 e. The largest absolute Gasteiger partial charge is 0.481 e. The second kappa shape index (κ2) is 5.60. The van der Waals surface area contributed by atoms with Gasteiger partial charge in [0.1, 0.15) is 11.8 Å². The number of hydrogen-bond donors (Lipinski definition) is 2. The number of carboxylic acid groups (broad SMARTS) is 1. The van der Waals surface area contributed by atoms with Crippen molar-refractivity contribution in [1.29, 1.82) is 0 Å². The highest BCUT2D eigenvalue weighted by atomic mass is 16.4. The zero-order valence-electron chi connectivity index (χ0n) is 12.3. The van der Waals surface area contributed by atoms with E-state index < -0.39 is 11.5 Å². The van der Waals surface area contributed by atoms with Crippen LogP contribution in [0.15, 0.2) is 34.9 Å². The molecule has 2 N–H and O–H groups in total. The van der Waals surface area contributed by atoms with Crippen molar-refractivity contribution in [3.8, 4) is 0 Å². The zero-order chi connectivity index (χ0) is 15.6. The van der Waals surface area contributed by atoms with E-state index >= 15 is 0 Å². The highest BCUT2D eigenvalue weighted by molar-refractivity contribution is 6.06. The summed E-state index contributed by atoms with van der Waals surface area (Å²) >= 11 is 0. The Morgan fingerprint density at radius 1 is 1.33 bits per heavy atom. The third kappa shape index (κ3) is 3.07. The number of carboxylic acids is 1. The van der Waals surface area contributed by atoms with Crippen LogP contribution in [-0.4, -0.2) is 22.5 Å². The number of hydrogen-bond acceptors (Lipinski definition) is 3. The average Bonchev–Trinajstić information content (AvgIpc) is 2.81. The van der Waals surface area contributed by atoms with Crippen molar-refractivity contribution in [2.24, 2.45) is 5.92 Å². The van der Waals surface area contributed by atoms with Crippen LogP contribution in [-0.2, 0) is 4.79 Å². The summed E-state index contributed by atoms with van der Waals surface area (Å²) in [7, 11) is 0. The molecule has 5 nitrogen and oxygen atoms in total. The number of para-hydroxylation sites is 1. The van der Waals surface area contributed by atoms with Gasteiger partial charge in [-0.25, -0.2) is 0 Å². The molecule has 112 valence electrons. The quantitative estimate of drug-likeness (QED) is 0.886. The molecule has 0 spiro atoms. The summed E-state index contributed by atoms with van der Waals surface area (Å²) in [6.07, 6.45) is 1.27. The molecule has 1 aromatic heterocycles. The standard InChI is InChI=1S/C16H19NO4/c1-10(2)16(3,8-14(18)19)17-15(20)12-9-21-13-7-5-4-6-11(12)13/h4-7,9-10H,8H2,1-3H3,(H,17,20)(H,18,19). The summed E-state index contributed by atoms with van der Waals surface area (Å²) in [6, 6.07) is 7.24. The van der Waals surface area contributed by atoms with Gasteiger partial charge in [-0.3, -0.25) is 9.59 Å². The molecule has 0 radical (unpaired) electrons. The molecular weight excluding hydrogens is 270 g/mol. The number of fused-ring (bicyclic) bond motifs is 1. The van der Waals surface area contributed by atoms with Gasteiger partial charge >= 0.3 is 5.97 Å². The van der Waals surface area contributed by atoms with E-state index in [9.17, 15) is 9.59 Å². The third-order valence-electron chi connectivity index (χ3n) is 3.92. The Hall–Kier alpha value is -2.30. The Morgan fingerprint density at radius 3 is 2.62 bits per heavy atom. The Kier molecular flexibility index (Phi) is 4.02. The molecule has 1 atom stereocenters. The molecule has 21 heavy (non-hydrogen) atoms. The number of amides is 1. The summed E-state index contributed by atoms with van der Waals surface area (Å²) in [5.74, 6) is -1.28. The van der Waals surface area contributed by atoms with Crippen molar-refractivity contribution in [3.63, 3.8) is 0 Å². The van der Waals surface area contributed by atoms with Gasteiger partial charge in [-0.15, -0.1) is 0 Å². The molecule has 2 aromatic rings. The van der Waals surface area contributed by atoms with E-state index in [0.29, 0.717) is 11.1 Å². The molecule has 1 amide bonds. The van der Waals surface area contributed by atoms with Crippen LogP contribution in [0.3, 0.4) is 0 Å². The fourth-order valence-corrected chi connectivity index (χ4v) is 2.19. The number of rotatable bonds is 5. The molecule has 0 aliphatic carbocycles. The maximum absolute atomic E-state index is 12.5. The highest BCUT2D eigenvalue weighted by Gasteiger charge is 2.33. The Morgan fingerprint density at radius 2 is 2.00 bits per heavy atom. The van der Waals surface area contributed by atoms with Gasteiger partial charge in [-0.05, 0) is 18.9 Å². The van der Waals surface area contributed by atoms with Crippen LogP contribution >= 0.6 is 0 Å². The minimum atomic E-state index is -0.941. The topological polar surface area (TPSA) is 79.5 Å². The second-order valence-electron chi connectivity index (χ2n) is 5.74. The SMILES string of the molecule is CC(C)C(C)(CC(=O)O)NC(=O)c1coc2ccccc12. The molecule has 2 rings (SSSR count). The molecule has 5 heteroatoms. The van der Waals surface area contributed by atoms with Crippen LogP contribution in [0.1, 0.15) is 37.6 Å². The monoisotopic (exact) mass is 289 g/mol. The number of carbonyl (C=O) groups is 2. The predicted molar refractivity (Wildman–Crippen MR) is 79.2 cm³/mol. The molecule has 0 saturated heterocycles. The molecule has 1 unspecified atom stereocenters. The van der Waals surface area contributed by atoms with Crippen LogP contribution in [0.25, 0.3) is 11.0 Å². The Labute approximate surface area is 122 Å². The van der Waals surface area contributed by atoms with E-state index in [1.807, 2.05) is 26.0 Å². The third-order valence-corrected chi connectivity index (χ3v) is 3.92. The number of carbonyl (C=O) groups excluding carboxylic acids is 1. The van der Waals surface area contributed by atoms with Gasteiger partial charge < -0.3 is 14.8 Å².